The van der Waals surface area contributed by atoms with Crippen LogP contribution in [0.2, 0.25) is 0 Å². The van der Waals surface area contributed by atoms with Gasteiger partial charge in [-0.1, -0.05) is 75.4 Å². The number of carbonyl (C=O) groups is 3. The first-order valence-electron chi connectivity index (χ1n) is 16.2. The van der Waals surface area contributed by atoms with Crippen molar-refractivity contribution in [2.24, 2.45) is 5.92 Å². The van der Waals surface area contributed by atoms with Crippen molar-refractivity contribution in [2.75, 3.05) is 5.32 Å². The summed E-state index contributed by atoms with van der Waals surface area (Å²) in [4.78, 5) is 44.0. The number of rotatable bonds is 13. The minimum atomic E-state index is -1.05. The number of phenolic OH excluding ortho intramolecular Hbond substituents is 1. The van der Waals surface area contributed by atoms with Crippen molar-refractivity contribution >= 4 is 23.6 Å². The van der Waals surface area contributed by atoms with Gasteiger partial charge in [-0.3, -0.25) is 9.59 Å². The Morgan fingerprint density at radius 2 is 1.48 bits per heavy atom. The third kappa shape index (κ3) is 10.6. The Kier molecular flexibility index (Phi) is 12.8. The molecule has 3 rings (SSSR count). The molecule has 0 fully saturated rings. The number of ether oxygens (including phenoxy) is 1. The molecule has 3 aromatic rings. The van der Waals surface area contributed by atoms with Crippen LogP contribution in [0.15, 0.2) is 72.8 Å². The van der Waals surface area contributed by atoms with Gasteiger partial charge in [-0.05, 0) is 100 Å². The van der Waals surface area contributed by atoms with Gasteiger partial charge in [0.2, 0.25) is 5.91 Å². The van der Waals surface area contributed by atoms with Gasteiger partial charge in [-0.2, -0.15) is 0 Å². The van der Waals surface area contributed by atoms with Crippen molar-refractivity contribution in [3.63, 3.8) is 0 Å². The third-order valence-electron chi connectivity index (χ3n) is 7.89. The Labute approximate surface area is 274 Å². The molecule has 46 heavy (non-hydrogen) atoms. The summed E-state index contributed by atoms with van der Waals surface area (Å²) in [6.45, 7) is 15.5. The van der Waals surface area contributed by atoms with E-state index in [0.29, 0.717) is 23.6 Å². The fourth-order valence-corrected chi connectivity index (χ4v) is 5.30. The lowest BCUT2D eigenvalue weighted by Crippen LogP contribution is -2.55. The molecule has 0 radical (unpaired) electrons. The molecule has 0 aliphatic rings. The Balaban J connectivity index is 2.15. The second-order valence-electron chi connectivity index (χ2n) is 13.4. The molecule has 0 saturated carbocycles. The lowest BCUT2D eigenvalue weighted by molar-refractivity contribution is -0.143. The fraction of sp³-hybridized carbons (Fsp3) is 0.447. The first kappa shape index (κ1) is 36.1. The SMILES string of the molecule is CCc1ccc(C(C(=O)Nc2ccccc2C)N(C(=O)C(Cc2ccc(O)cc2)NC(=O)OC(C)(C)C)C(C)CCC(C)C)cc1. The molecular formula is C38H51N3O5. The predicted molar refractivity (Wildman–Crippen MR) is 184 cm³/mol. The number of benzene rings is 3. The van der Waals surface area contributed by atoms with Crippen LogP contribution in [0, 0.1) is 12.8 Å². The number of alkyl carbamates (subject to hydrolysis) is 1. The Bertz CT molecular complexity index is 1440. The number of anilines is 1. The number of hydrogen-bond acceptors (Lipinski definition) is 5. The van der Waals surface area contributed by atoms with E-state index in [2.05, 4.69) is 31.4 Å². The van der Waals surface area contributed by atoms with Crippen LogP contribution in [0.1, 0.15) is 89.6 Å². The maximum absolute atomic E-state index is 14.9. The number of hydrogen-bond donors (Lipinski definition) is 3. The Morgan fingerprint density at radius 3 is 2.04 bits per heavy atom. The van der Waals surface area contributed by atoms with E-state index >= 15 is 0 Å². The first-order chi connectivity index (χ1) is 21.7. The van der Waals surface area contributed by atoms with Gasteiger partial charge in [0.05, 0.1) is 0 Å². The molecule has 3 N–H and O–H groups in total. The number of aromatic hydroxyl groups is 1. The number of aryl methyl sites for hydroxylation is 2. The molecule has 0 aliphatic carbocycles. The van der Waals surface area contributed by atoms with Crippen molar-refractivity contribution in [3.05, 3.63) is 95.1 Å². The van der Waals surface area contributed by atoms with E-state index in [4.69, 9.17) is 4.74 Å². The van der Waals surface area contributed by atoms with Crippen LogP contribution in [0.4, 0.5) is 10.5 Å². The largest absolute Gasteiger partial charge is 0.508 e. The average Bonchev–Trinajstić information content (AvgIpc) is 2.99. The highest BCUT2D eigenvalue weighted by Gasteiger charge is 2.39. The van der Waals surface area contributed by atoms with E-state index in [9.17, 15) is 19.5 Å². The van der Waals surface area contributed by atoms with Gasteiger partial charge in [0.1, 0.15) is 23.4 Å². The smallest absolute Gasteiger partial charge is 0.408 e. The highest BCUT2D eigenvalue weighted by Crippen LogP contribution is 2.30. The molecule has 3 aromatic carbocycles. The summed E-state index contributed by atoms with van der Waals surface area (Å²) in [7, 11) is 0. The summed E-state index contributed by atoms with van der Waals surface area (Å²) < 4.78 is 5.56. The molecule has 0 saturated heterocycles. The first-order valence-corrected chi connectivity index (χ1v) is 16.2. The summed E-state index contributed by atoms with van der Waals surface area (Å²) in [6.07, 6.45) is 1.74. The minimum Gasteiger partial charge on any atom is -0.508 e. The van der Waals surface area contributed by atoms with Gasteiger partial charge >= 0.3 is 6.09 Å². The van der Waals surface area contributed by atoms with Crippen LogP contribution < -0.4 is 10.6 Å². The van der Waals surface area contributed by atoms with Gasteiger partial charge in [-0.15, -0.1) is 0 Å². The average molecular weight is 630 g/mol. The summed E-state index contributed by atoms with van der Waals surface area (Å²) in [6, 6.07) is 19.5. The van der Waals surface area contributed by atoms with Crippen LogP contribution in [0.25, 0.3) is 0 Å². The molecule has 3 unspecified atom stereocenters. The predicted octanol–water partition coefficient (Wildman–Crippen LogP) is 7.73. The van der Waals surface area contributed by atoms with E-state index in [1.54, 1.807) is 49.9 Å². The molecule has 248 valence electrons. The van der Waals surface area contributed by atoms with Gasteiger partial charge in [0.25, 0.3) is 5.91 Å². The second kappa shape index (κ2) is 16.3. The normalized spacial score (nSPS) is 13.4. The summed E-state index contributed by atoms with van der Waals surface area (Å²) >= 11 is 0. The van der Waals surface area contributed by atoms with E-state index in [-0.39, 0.29) is 24.1 Å². The maximum atomic E-state index is 14.9. The summed E-state index contributed by atoms with van der Waals surface area (Å²) in [5.41, 5.74) is 3.31. The topological polar surface area (TPSA) is 108 Å². The van der Waals surface area contributed by atoms with Crippen molar-refractivity contribution in [3.8, 4) is 5.75 Å². The minimum absolute atomic E-state index is 0.0964. The number of para-hydroxylation sites is 1. The van der Waals surface area contributed by atoms with E-state index in [1.165, 1.54) is 0 Å². The highest BCUT2D eigenvalue weighted by atomic mass is 16.6. The van der Waals surface area contributed by atoms with Crippen molar-refractivity contribution in [2.45, 2.75) is 105 Å². The lowest BCUT2D eigenvalue weighted by atomic mass is 9.95. The van der Waals surface area contributed by atoms with Crippen LogP contribution >= 0.6 is 0 Å². The van der Waals surface area contributed by atoms with Crippen LogP contribution in [-0.4, -0.2) is 45.6 Å². The number of carbonyl (C=O) groups excluding carboxylic acids is 3. The molecule has 8 heteroatoms. The summed E-state index contributed by atoms with van der Waals surface area (Å²) in [5.74, 6) is -0.266. The van der Waals surface area contributed by atoms with E-state index in [0.717, 1.165) is 29.5 Å². The van der Waals surface area contributed by atoms with Crippen LogP contribution in [0.3, 0.4) is 0 Å². The molecule has 0 bridgehead atoms. The van der Waals surface area contributed by atoms with E-state index in [1.807, 2.05) is 62.4 Å². The number of nitrogens with one attached hydrogen (secondary N) is 2. The van der Waals surface area contributed by atoms with Crippen molar-refractivity contribution in [1.29, 1.82) is 0 Å². The van der Waals surface area contributed by atoms with Gasteiger partial charge in [-0.25, -0.2) is 4.79 Å². The number of amides is 3. The molecular weight excluding hydrogens is 578 g/mol. The molecule has 0 aliphatic heterocycles. The standard InChI is InChI=1S/C38H51N3O5/c1-9-28-16-20-30(21-17-28)34(35(43)39-32-13-11-10-12-26(32)4)41(27(5)15-14-25(2)3)36(44)33(40-37(45)46-38(6,7)8)24-29-18-22-31(42)23-19-29/h10-13,16-23,25,27,33-34,42H,9,14-15,24H2,1-8H3,(H,39,43)(H,40,45). The molecule has 3 amide bonds. The van der Waals surface area contributed by atoms with Crippen LogP contribution in [-0.2, 0) is 27.2 Å². The fourth-order valence-electron chi connectivity index (χ4n) is 5.30. The maximum Gasteiger partial charge on any atom is 0.408 e. The zero-order valence-electron chi connectivity index (χ0n) is 28.6. The zero-order valence-corrected chi connectivity index (χ0v) is 28.6. The molecule has 0 spiro atoms. The Morgan fingerprint density at radius 1 is 0.870 bits per heavy atom. The monoisotopic (exact) mass is 629 g/mol. The summed E-state index contributed by atoms with van der Waals surface area (Å²) in [5, 5.41) is 15.8. The highest BCUT2D eigenvalue weighted by molar-refractivity contribution is 5.99. The number of nitrogens with zero attached hydrogens (tertiary/aromatic N) is 1. The lowest BCUT2D eigenvalue weighted by Gasteiger charge is -2.39. The van der Waals surface area contributed by atoms with Crippen molar-refractivity contribution < 1.29 is 24.2 Å². The van der Waals surface area contributed by atoms with Crippen LogP contribution in [0.5, 0.6) is 5.75 Å². The zero-order chi connectivity index (χ0) is 34.0. The quantitative estimate of drug-likeness (QED) is 0.179. The second-order valence-corrected chi connectivity index (χ2v) is 13.4. The molecule has 0 heterocycles. The van der Waals surface area contributed by atoms with Crippen molar-refractivity contribution in [1.82, 2.24) is 10.2 Å². The van der Waals surface area contributed by atoms with Gasteiger partial charge in [0, 0.05) is 18.2 Å². The molecule has 8 nitrogen and oxygen atoms in total. The van der Waals surface area contributed by atoms with E-state index < -0.39 is 29.7 Å². The molecule has 0 aromatic heterocycles. The van der Waals surface area contributed by atoms with Gasteiger partial charge < -0.3 is 25.4 Å². The van der Waals surface area contributed by atoms with Gasteiger partial charge in [0.15, 0.2) is 0 Å². The Hall–Kier alpha value is -4.33. The molecule has 3 atom stereocenters. The third-order valence-corrected chi connectivity index (χ3v) is 7.89. The number of phenols is 1.